The highest BCUT2D eigenvalue weighted by molar-refractivity contribution is 5.85. The first-order chi connectivity index (χ1) is 11.7. The molecule has 0 bridgehead atoms. The highest BCUT2D eigenvalue weighted by Crippen LogP contribution is 2.24. The first kappa shape index (κ1) is 19.3. The van der Waals surface area contributed by atoms with Crippen molar-refractivity contribution in [3.63, 3.8) is 0 Å². The number of carbonyl (C=O) groups excluding carboxylic acids is 1. The molecule has 1 saturated carbocycles. The Bertz CT molecular complexity index is 678. The molecule has 2 atom stereocenters. The van der Waals surface area contributed by atoms with Crippen LogP contribution in [0, 0.1) is 5.92 Å². The van der Waals surface area contributed by atoms with E-state index >= 15 is 0 Å². The van der Waals surface area contributed by atoms with Crippen molar-refractivity contribution in [2.24, 2.45) is 11.7 Å². The van der Waals surface area contributed by atoms with Crippen molar-refractivity contribution in [2.45, 2.75) is 38.5 Å². The predicted octanol–water partition coefficient (Wildman–Crippen LogP) is 3.43. The number of para-hydroxylation sites is 1. The van der Waals surface area contributed by atoms with Crippen molar-refractivity contribution in [3.8, 4) is 5.75 Å². The number of nitrogens with one attached hydrogen (secondary N) is 1. The zero-order chi connectivity index (χ0) is 16.8. The Morgan fingerprint density at radius 3 is 2.52 bits per heavy atom. The summed E-state index contributed by atoms with van der Waals surface area (Å²) < 4.78 is 5.93. The van der Waals surface area contributed by atoms with Crippen LogP contribution in [0.2, 0.25) is 0 Å². The van der Waals surface area contributed by atoms with Crippen LogP contribution < -0.4 is 15.8 Å². The molecule has 1 aliphatic rings. The van der Waals surface area contributed by atoms with Crippen molar-refractivity contribution in [3.05, 3.63) is 65.7 Å². The van der Waals surface area contributed by atoms with Crippen LogP contribution >= 0.6 is 12.4 Å². The zero-order valence-corrected chi connectivity index (χ0v) is 15.0. The smallest absolute Gasteiger partial charge is 0.224 e. The van der Waals surface area contributed by atoms with Crippen LogP contribution in [0.5, 0.6) is 5.75 Å². The Hall–Kier alpha value is -2.04. The summed E-state index contributed by atoms with van der Waals surface area (Å²) in [6.07, 6.45) is 2.87. The fourth-order valence-corrected chi connectivity index (χ4v) is 3.15. The van der Waals surface area contributed by atoms with Crippen molar-refractivity contribution < 1.29 is 9.53 Å². The number of hydrogen-bond donors (Lipinski definition) is 2. The minimum absolute atomic E-state index is 0. The third-order valence-electron chi connectivity index (χ3n) is 4.57. The van der Waals surface area contributed by atoms with Gasteiger partial charge in [-0.15, -0.1) is 12.4 Å². The van der Waals surface area contributed by atoms with Gasteiger partial charge < -0.3 is 15.8 Å². The predicted molar refractivity (Wildman–Crippen MR) is 102 cm³/mol. The van der Waals surface area contributed by atoms with E-state index in [-0.39, 0.29) is 30.3 Å². The molecular formula is C20H25ClN2O2. The topological polar surface area (TPSA) is 64.4 Å². The van der Waals surface area contributed by atoms with Gasteiger partial charge in [0.05, 0.1) is 5.92 Å². The molecule has 0 heterocycles. The van der Waals surface area contributed by atoms with E-state index < -0.39 is 0 Å². The summed E-state index contributed by atoms with van der Waals surface area (Å²) >= 11 is 0. The van der Waals surface area contributed by atoms with Crippen molar-refractivity contribution in [1.29, 1.82) is 0 Å². The molecule has 2 unspecified atom stereocenters. The molecule has 0 aliphatic heterocycles. The number of ether oxygens (including phenoxy) is 1. The van der Waals surface area contributed by atoms with Crippen molar-refractivity contribution >= 4 is 18.3 Å². The molecule has 3 rings (SSSR count). The Kier molecular flexibility index (Phi) is 7.29. The summed E-state index contributed by atoms with van der Waals surface area (Å²) in [5.74, 6) is 0.803. The molecule has 1 amide bonds. The molecule has 5 heteroatoms. The highest BCUT2D eigenvalue weighted by atomic mass is 35.5. The minimum atomic E-state index is -0.0533. The zero-order valence-electron chi connectivity index (χ0n) is 14.2. The largest absolute Gasteiger partial charge is 0.489 e. The van der Waals surface area contributed by atoms with E-state index in [2.05, 4.69) is 5.32 Å². The van der Waals surface area contributed by atoms with E-state index in [0.29, 0.717) is 13.2 Å². The molecule has 0 aromatic heterocycles. The Morgan fingerprint density at radius 1 is 1.08 bits per heavy atom. The number of carbonyl (C=O) groups is 1. The average Bonchev–Trinajstić information content (AvgIpc) is 3.05. The maximum atomic E-state index is 12.3. The summed E-state index contributed by atoms with van der Waals surface area (Å²) in [6, 6.07) is 17.9. The first-order valence-electron chi connectivity index (χ1n) is 8.52. The van der Waals surface area contributed by atoms with E-state index in [4.69, 9.17) is 10.5 Å². The van der Waals surface area contributed by atoms with Crippen molar-refractivity contribution in [2.75, 3.05) is 0 Å². The fourth-order valence-electron chi connectivity index (χ4n) is 3.15. The maximum absolute atomic E-state index is 12.3. The molecule has 0 saturated heterocycles. The van der Waals surface area contributed by atoms with E-state index in [1.54, 1.807) is 0 Å². The number of rotatable bonds is 6. The number of halogens is 1. The SMILES string of the molecule is Cl.NC1CCCC1C(=O)NCc1ccccc1OCc1ccccc1. The molecule has 2 aromatic carbocycles. The molecule has 3 N–H and O–H groups in total. The Morgan fingerprint density at radius 2 is 1.80 bits per heavy atom. The molecule has 0 radical (unpaired) electrons. The van der Waals surface area contributed by atoms with Crippen LogP contribution in [0.1, 0.15) is 30.4 Å². The maximum Gasteiger partial charge on any atom is 0.224 e. The third kappa shape index (κ3) is 5.21. The summed E-state index contributed by atoms with van der Waals surface area (Å²) in [5.41, 5.74) is 8.10. The summed E-state index contributed by atoms with van der Waals surface area (Å²) in [7, 11) is 0. The van der Waals surface area contributed by atoms with Gasteiger partial charge in [0.2, 0.25) is 5.91 Å². The second-order valence-corrected chi connectivity index (χ2v) is 6.30. The van der Waals surface area contributed by atoms with Gasteiger partial charge >= 0.3 is 0 Å². The standard InChI is InChI=1S/C20H24N2O2.ClH/c21-18-11-6-10-17(18)20(23)22-13-16-9-4-5-12-19(16)24-14-15-7-2-1-3-8-15;/h1-5,7-9,12,17-18H,6,10-11,13-14,21H2,(H,22,23);1H. The molecule has 2 aromatic rings. The van der Waals surface area contributed by atoms with Crippen LogP contribution in [-0.4, -0.2) is 11.9 Å². The van der Waals surface area contributed by atoms with E-state index in [1.165, 1.54) is 0 Å². The van der Waals surface area contributed by atoms with Crippen LogP contribution in [0.25, 0.3) is 0 Å². The monoisotopic (exact) mass is 360 g/mol. The van der Waals surface area contributed by atoms with Gasteiger partial charge in [-0.2, -0.15) is 0 Å². The quantitative estimate of drug-likeness (QED) is 0.829. The molecular weight excluding hydrogens is 336 g/mol. The lowest BCUT2D eigenvalue weighted by Crippen LogP contribution is -2.38. The highest BCUT2D eigenvalue weighted by Gasteiger charge is 2.29. The van der Waals surface area contributed by atoms with Gasteiger partial charge in [0.1, 0.15) is 12.4 Å². The van der Waals surface area contributed by atoms with Gasteiger partial charge in [-0.1, -0.05) is 55.0 Å². The Labute approximate surface area is 155 Å². The second kappa shape index (κ2) is 9.44. The normalized spacial score (nSPS) is 19.1. The van der Waals surface area contributed by atoms with Crippen LogP contribution in [0.4, 0.5) is 0 Å². The molecule has 0 spiro atoms. The van der Waals surface area contributed by atoms with Gasteiger partial charge in [-0.3, -0.25) is 4.79 Å². The number of amides is 1. The van der Waals surface area contributed by atoms with Crippen LogP contribution in [0.15, 0.2) is 54.6 Å². The van der Waals surface area contributed by atoms with E-state index in [9.17, 15) is 4.79 Å². The van der Waals surface area contributed by atoms with Gasteiger partial charge in [-0.05, 0) is 24.5 Å². The summed E-state index contributed by atoms with van der Waals surface area (Å²) in [5, 5.41) is 3.01. The lowest BCUT2D eigenvalue weighted by Gasteiger charge is -2.16. The number of hydrogen-bond acceptors (Lipinski definition) is 3. The van der Waals surface area contributed by atoms with Gasteiger partial charge in [0, 0.05) is 18.2 Å². The number of benzene rings is 2. The molecule has 4 nitrogen and oxygen atoms in total. The summed E-state index contributed by atoms with van der Waals surface area (Å²) in [6.45, 7) is 0.978. The molecule has 1 aliphatic carbocycles. The lowest BCUT2D eigenvalue weighted by atomic mass is 10.0. The second-order valence-electron chi connectivity index (χ2n) is 6.30. The third-order valence-corrected chi connectivity index (χ3v) is 4.57. The van der Waals surface area contributed by atoms with Gasteiger partial charge in [0.15, 0.2) is 0 Å². The molecule has 134 valence electrons. The van der Waals surface area contributed by atoms with Gasteiger partial charge in [-0.25, -0.2) is 0 Å². The summed E-state index contributed by atoms with van der Waals surface area (Å²) in [4.78, 5) is 12.3. The Balaban J connectivity index is 0.00000225. The van der Waals surface area contributed by atoms with E-state index in [0.717, 1.165) is 36.1 Å². The average molecular weight is 361 g/mol. The fraction of sp³-hybridized carbons (Fsp3) is 0.350. The van der Waals surface area contributed by atoms with Gasteiger partial charge in [0.25, 0.3) is 0 Å². The minimum Gasteiger partial charge on any atom is -0.489 e. The first-order valence-corrected chi connectivity index (χ1v) is 8.52. The van der Waals surface area contributed by atoms with Crippen LogP contribution in [0.3, 0.4) is 0 Å². The lowest BCUT2D eigenvalue weighted by molar-refractivity contribution is -0.125. The van der Waals surface area contributed by atoms with E-state index in [1.807, 2.05) is 54.6 Å². The van der Waals surface area contributed by atoms with Crippen LogP contribution in [-0.2, 0) is 17.9 Å². The number of nitrogens with two attached hydrogens (primary N) is 1. The molecule has 25 heavy (non-hydrogen) atoms. The molecule has 1 fully saturated rings. The van der Waals surface area contributed by atoms with Crippen molar-refractivity contribution in [1.82, 2.24) is 5.32 Å².